The first-order valence-corrected chi connectivity index (χ1v) is 7.83. The number of rotatable bonds is 4. The van der Waals surface area contributed by atoms with E-state index in [0.29, 0.717) is 12.1 Å². The van der Waals surface area contributed by atoms with Gasteiger partial charge in [-0.1, -0.05) is 28.1 Å². The minimum absolute atomic E-state index is 0.190. The first kappa shape index (κ1) is 16.0. The summed E-state index contributed by atoms with van der Waals surface area (Å²) < 4.78 is 1.66. The van der Waals surface area contributed by atoms with Crippen molar-refractivity contribution in [3.8, 4) is 5.75 Å². The number of phenols is 1. The molecule has 2 aromatic rings. The highest BCUT2D eigenvalue weighted by Crippen LogP contribution is 2.26. The van der Waals surface area contributed by atoms with Gasteiger partial charge in [0.15, 0.2) is 0 Å². The number of phenolic OH excluding ortho intramolecular Hbond substituents is 1. The Kier molecular flexibility index (Phi) is 5.39. The van der Waals surface area contributed by atoms with Crippen LogP contribution in [0.25, 0.3) is 0 Å². The van der Waals surface area contributed by atoms with E-state index >= 15 is 0 Å². The maximum Gasteiger partial charge on any atom is 0.241 e. The lowest BCUT2D eigenvalue weighted by molar-refractivity contribution is -0.117. The number of amides is 1. The summed E-state index contributed by atoms with van der Waals surface area (Å²) in [6.07, 6.45) is 0.401. The number of nitrogens with one attached hydrogen (secondary N) is 1. The summed E-state index contributed by atoms with van der Waals surface area (Å²) in [5.41, 5.74) is 7.48. The maximum atomic E-state index is 12.1. The molecule has 4 N–H and O–H groups in total. The average Bonchev–Trinajstić information content (AvgIpc) is 2.45. The summed E-state index contributed by atoms with van der Waals surface area (Å²) >= 11 is 6.74. The Bertz CT molecular complexity index is 645. The highest BCUT2D eigenvalue weighted by Gasteiger charge is 2.15. The van der Waals surface area contributed by atoms with Crippen molar-refractivity contribution in [1.82, 2.24) is 0 Å². The van der Waals surface area contributed by atoms with Crippen molar-refractivity contribution in [1.29, 1.82) is 0 Å². The average molecular weight is 414 g/mol. The smallest absolute Gasteiger partial charge is 0.241 e. The molecular formula is C15H14Br2N2O2. The van der Waals surface area contributed by atoms with Gasteiger partial charge in [0.1, 0.15) is 5.75 Å². The van der Waals surface area contributed by atoms with Crippen LogP contribution in [0.2, 0.25) is 0 Å². The molecule has 21 heavy (non-hydrogen) atoms. The van der Waals surface area contributed by atoms with E-state index in [1.807, 2.05) is 12.1 Å². The SMILES string of the molecule is N[C@H](Cc1ccc(O)cc1)C(=O)Nc1cc(Br)ccc1Br. The number of aromatic hydroxyl groups is 1. The van der Waals surface area contributed by atoms with Crippen LogP contribution < -0.4 is 11.1 Å². The molecule has 0 aliphatic rings. The van der Waals surface area contributed by atoms with Crippen LogP contribution in [0.1, 0.15) is 5.56 Å². The van der Waals surface area contributed by atoms with E-state index in [1.54, 1.807) is 30.3 Å². The van der Waals surface area contributed by atoms with Gasteiger partial charge in [-0.15, -0.1) is 0 Å². The van der Waals surface area contributed by atoms with E-state index in [1.165, 1.54) is 0 Å². The second kappa shape index (κ2) is 7.06. The van der Waals surface area contributed by atoms with Crippen molar-refractivity contribution in [2.75, 3.05) is 5.32 Å². The number of nitrogens with two attached hydrogens (primary N) is 1. The number of halogens is 2. The molecule has 2 aromatic carbocycles. The molecule has 0 fully saturated rings. The fourth-order valence-electron chi connectivity index (χ4n) is 1.80. The van der Waals surface area contributed by atoms with Crippen molar-refractivity contribution in [3.63, 3.8) is 0 Å². The van der Waals surface area contributed by atoms with E-state index in [0.717, 1.165) is 14.5 Å². The summed E-state index contributed by atoms with van der Waals surface area (Å²) in [6, 6.07) is 11.5. The topological polar surface area (TPSA) is 75.3 Å². The zero-order valence-corrected chi connectivity index (χ0v) is 14.2. The lowest BCUT2D eigenvalue weighted by Crippen LogP contribution is -2.37. The van der Waals surface area contributed by atoms with Crippen LogP contribution in [0, 0.1) is 0 Å². The Balaban J connectivity index is 2.02. The fraction of sp³-hybridized carbons (Fsp3) is 0.133. The normalized spacial score (nSPS) is 12.0. The van der Waals surface area contributed by atoms with Gasteiger partial charge in [-0.2, -0.15) is 0 Å². The zero-order valence-electron chi connectivity index (χ0n) is 11.0. The summed E-state index contributed by atoms with van der Waals surface area (Å²) in [4.78, 5) is 12.1. The highest BCUT2D eigenvalue weighted by molar-refractivity contribution is 9.11. The number of carbonyl (C=O) groups is 1. The van der Waals surface area contributed by atoms with Gasteiger partial charge < -0.3 is 16.2 Å². The Morgan fingerprint density at radius 1 is 1.19 bits per heavy atom. The van der Waals surface area contributed by atoms with Gasteiger partial charge >= 0.3 is 0 Å². The van der Waals surface area contributed by atoms with Crippen LogP contribution in [0.5, 0.6) is 5.75 Å². The third kappa shape index (κ3) is 4.56. The molecule has 1 atom stereocenters. The molecule has 0 radical (unpaired) electrons. The van der Waals surface area contributed by atoms with Crippen LogP contribution in [-0.4, -0.2) is 17.1 Å². The van der Waals surface area contributed by atoms with Gasteiger partial charge in [0, 0.05) is 8.95 Å². The Morgan fingerprint density at radius 3 is 2.52 bits per heavy atom. The molecule has 0 unspecified atom stereocenters. The quantitative estimate of drug-likeness (QED) is 0.718. The number of hydrogen-bond donors (Lipinski definition) is 3. The molecule has 0 heterocycles. The molecule has 1 amide bonds. The molecule has 0 bridgehead atoms. The second-order valence-corrected chi connectivity index (χ2v) is 6.36. The Morgan fingerprint density at radius 2 is 1.86 bits per heavy atom. The Hall–Kier alpha value is -1.37. The van der Waals surface area contributed by atoms with Gasteiger partial charge in [-0.3, -0.25) is 4.79 Å². The monoisotopic (exact) mass is 412 g/mol. The molecule has 0 saturated carbocycles. The fourth-order valence-corrected chi connectivity index (χ4v) is 2.50. The zero-order chi connectivity index (χ0) is 15.4. The standard InChI is InChI=1S/C15H14Br2N2O2/c16-10-3-6-12(17)14(8-10)19-15(21)13(18)7-9-1-4-11(20)5-2-9/h1-6,8,13,20H,7,18H2,(H,19,21)/t13-/m1/s1. The van der Waals surface area contributed by atoms with Crippen LogP contribution in [-0.2, 0) is 11.2 Å². The van der Waals surface area contributed by atoms with E-state index in [2.05, 4.69) is 37.2 Å². The minimum Gasteiger partial charge on any atom is -0.508 e. The maximum absolute atomic E-state index is 12.1. The van der Waals surface area contributed by atoms with Crippen molar-refractivity contribution < 1.29 is 9.90 Å². The van der Waals surface area contributed by atoms with Crippen molar-refractivity contribution in [2.45, 2.75) is 12.5 Å². The second-order valence-electron chi connectivity index (χ2n) is 4.59. The summed E-state index contributed by atoms with van der Waals surface area (Å²) in [5, 5.41) is 12.0. The van der Waals surface area contributed by atoms with E-state index in [-0.39, 0.29) is 11.7 Å². The number of hydrogen-bond acceptors (Lipinski definition) is 3. The van der Waals surface area contributed by atoms with Crippen LogP contribution >= 0.6 is 31.9 Å². The molecule has 6 heteroatoms. The predicted molar refractivity (Wildman–Crippen MR) is 90.3 cm³/mol. The molecular weight excluding hydrogens is 400 g/mol. The van der Waals surface area contributed by atoms with Crippen molar-refractivity contribution in [2.24, 2.45) is 5.73 Å². The third-order valence-electron chi connectivity index (χ3n) is 2.92. The number of carbonyl (C=O) groups excluding carboxylic acids is 1. The van der Waals surface area contributed by atoms with Gasteiger partial charge in [0.2, 0.25) is 5.91 Å². The lowest BCUT2D eigenvalue weighted by atomic mass is 10.1. The van der Waals surface area contributed by atoms with E-state index in [9.17, 15) is 9.90 Å². The molecule has 0 aliphatic heterocycles. The highest BCUT2D eigenvalue weighted by atomic mass is 79.9. The first-order valence-electron chi connectivity index (χ1n) is 6.25. The van der Waals surface area contributed by atoms with Crippen LogP contribution in [0.15, 0.2) is 51.4 Å². The number of anilines is 1. The lowest BCUT2D eigenvalue weighted by Gasteiger charge is -2.13. The summed E-state index contributed by atoms with van der Waals surface area (Å²) in [5.74, 6) is -0.0725. The van der Waals surface area contributed by atoms with E-state index < -0.39 is 6.04 Å². The van der Waals surface area contributed by atoms with Crippen LogP contribution in [0.4, 0.5) is 5.69 Å². The molecule has 0 aliphatic carbocycles. The molecule has 0 spiro atoms. The summed E-state index contributed by atoms with van der Waals surface area (Å²) in [7, 11) is 0. The molecule has 110 valence electrons. The molecule has 4 nitrogen and oxygen atoms in total. The third-order valence-corrected chi connectivity index (χ3v) is 4.10. The first-order chi connectivity index (χ1) is 9.95. The van der Waals surface area contributed by atoms with Crippen molar-refractivity contribution >= 4 is 43.5 Å². The van der Waals surface area contributed by atoms with Gasteiger partial charge in [-0.25, -0.2) is 0 Å². The molecule has 0 aromatic heterocycles. The minimum atomic E-state index is -0.666. The van der Waals surface area contributed by atoms with Crippen LogP contribution in [0.3, 0.4) is 0 Å². The largest absolute Gasteiger partial charge is 0.508 e. The van der Waals surface area contributed by atoms with E-state index in [4.69, 9.17) is 5.73 Å². The Labute approximate surface area is 139 Å². The van der Waals surface area contributed by atoms with Gasteiger partial charge in [0.05, 0.1) is 11.7 Å². The predicted octanol–water partition coefficient (Wildman–Crippen LogP) is 3.43. The molecule has 0 saturated heterocycles. The molecule has 2 rings (SSSR count). The van der Waals surface area contributed by atoms with Crippen molar-refractivity contribution in [3.05, 3.63) is 57.0 Å². The van der Waals surface area contributed by atoms with Gasteiger partial charge in [0.25, 0.3) is 0 Å². The van der Waals surface area contributed by atoms with Gasteiger partial charge in [-0.05, 0) is 58.2 Å². The summed E-state index contributed by atoms with van der Waals surface area (Å²) in [6.45, 7) is 0. The number of benzene rings is 2.